The molecule has 1 nitrogen and oxygen atoms in total. The highest BCUT2D eigenvalue weighted by atomic mass is 14.9. The van der Waals surface area contributed by atoms with Gasteiger partial charge in [0, 0.05) is 11.7 Å². The van der Waals surface area contributed by atoms with Crippen molar-refractivity contribution in [2.75, 3.05) is 0 Å². The lowest BCUT2D eigenvalue weighted by atomic mass is 10.2. The van der Waals surface area contributed by atoms with Crippen LogP contribution in [0.4, 0.5) is 0 Å². The first-order chi connectivity index (χ1) is 5.11. The van der Waals surface area contributed by atoms with E-state index in [0.717, 1.165) is 12.1 Å². The lowest BCUT2D eigenvalue weighted by Crippen LogP contribution is -2.24. The van der Waals surface area contributed by atoms with E-state index in [1.165, 1.54) is 5.57 Å². The zero-order chi connectivity index (χ0) is 8.85. The van der Waals surface area contributed by atoms with Gasteiger partial charge < -0.3 is 5.32 Å². The minimum absolute atomic E-state index is 0.525. The van der Waals surface area contributed by atoms with Crippen LogP contribution < -0.4 is 5.32 Å². The van der Waals surface area contributed by atoms with E-state index in [1.54, 1.807) is 0 Å². The van der Waals surface area contributed by atoms with Crippen molar-refractivity contribution < 1.29 is 0 Å². The lowest BCUT2D eigenvalue weighted by Gasteiger charge is -2.15. The smallest absolute Gasteiger partial charge is 0.0295 e. The summed E-state index contributed by atoms with van der Waals surface area (Å²) in [6.45, 7) is 12.4. The van der Waals surface area contributed by atoms with Gasteiger partial charge in [-0.3, -0.25) is 0 Å². The molecular formula is C10H19N. The molecule has 0 aromatic heterocycles. The van der Waals surface area contributed by atoms with Gasteiger partial charge >= 0.3 is 0 Å². The van der Waals surface area contributed by atoms with E-state index in [1.807, 2.05) is 6.92 Å². The third-order valence-corrected chi connectivity index (χ3v) is 1.94. The van der Waals surface area contributed by atoms with Crippen LogP contribution in [-0.4, -0.2) is 6.04 Å². The second-order valence-electron chi connectivity index (χ2n) is 2.90. The number of rotatable bonds is 4. The van der Waals surface area contributed by atoms with Gasteiger partial charge in [-0.25, -0.2) is 0 Å². The third kappa shape index (κ3) is 3.87. The molecule has 64 valence electrons. The molecule has 0 radical (unpaired) electrons. The number of nitrogens with one attached hydrogen (secondary N) is 1. The standard InChI is InChI=1S/C10H19N/c1-6-8(3)10(5)11-9(4)7-2/h6,9,11H,5,7H2,1-4H3/b8-6-. The summed E-state index contributed by atoms with van der Waals surface area (Å²) in [6.07, 6.45) is 3.20. The average molecular weight is 153 g/mol. The maximum absolute atomic E-state index is 3.93. The fourth-order valence-corrected chi connectivity index (χ4v) is 0.688. The predicted molar refractivity (Wildman–Crippen MR) is 51.5 cm³/mol. The van der Waals surface area contributed by atoms with E-state index in [0.29, 0.717) is 6.04 Å². The monoisotopic (exact) mass is 153 g/mol. The molecule has 1 unspecified atom stereocenters. The third-order valence-electron chi connectivity index (χ3n) is 1.94. The van der Waals surface area contributed by atoms with Gasteiger partial charge in [0.1, 0.15) is 0 Å². The van der Waals surface area contributed by atoms with Gasteiger partial charge in [-0.05, 0) is 32.8 Å². The number of hydrogen-bond donors (Lipinski definition) is 1. The van der Waals surface area contributed by atoms with Crippen LogP contribution in [0.25, 0.3) is 0 Å². The van der Waals surface area contributed by atoms with Crippen LogP contribution in [0.1, 0.15) is 34.1 Å². The van der Waals surface area contributed by atoms with Crippen LogP contribution in [0.5, 0.6) is 0 Å². The summed E-state index contributed by atoms with van der Waals surface area (Å²) in [7, 11) is 0. The van der Waals surface area contributed by atoms with Crippen molar-refractivity contribution in [1.82, 2.24) is 5.32 Å². The minimum Gasteiger partial charge on any atom is -0.383 e. The highest BCUT2D eigenvalue weighted by molar-refractivity contribution is 5.23. The normalized spacial score (nSPS) is 14.4. The summed E-state index contributed by atoms with van der Waals surface area (Å²) >= 11 is 0. The van der Waals surface area contributed by atoms with Crippen molar-refractivity contribution in [3.63, 3.8) is 0 Å². The quantitative estimate of drug-likeness (QED) is 0.612. The summed E-state index contributed by atoms with van der Waals surface area (Å²) in [5.74, 6) is 0. The molecule has 0 aliphatic heterocycles. The summed E-state index contributed by atoms with van der Waals surface area (Å²) in [5.41, 5.74) is 2.27. The molecule has 0 aromatic carbocycles. The van der Waals surface area contributed by atoms with Crippen molar-refractivity contribution in [3.8, 4) is 0 Å². The molecule has 0 amide bonds. The van der Waals surface area contributed by atoms with Gasteiger partial charge in [0.2, 0.25) is 0 Å². The van der Waals surface area contributed by atoms with Crippen LogP contribution in [0.2, 0.25) is 0 Å². The van der Waals surface area contributed by atoms with E-state index in [2.05, 4.69) is 38.7 Å². The molecule has 0 rings (SSSR count). The topological polar surface area (TPSA) is 12.0 Å². The zero-order valence-corrected chi connectivity index (χ0v) is 8.07. The molecule has 0 aliphatic rings. The summed E-state index contributed by atoms with van der Waals surface area (Å²) in [5, 5.41) is 3.32. The Hall–Kier alpha value is -0.720. The first kappa shape index (κ1) is 10.3. The molecule has 0 fully saturated rings. The Morgan fingerprint density at radius 2 is 2.18 bits per heavy atom. The SMILES string of the molecule is C=C(NC(C)CC)/C(C)=C\C. The van der Waals surface area contributed by atoms with Crippen molar-refractivity contribution in [3.05, 3.63) is 23.9 Å². The predicted octanol–water partition coefficient (Wildman–Crippen LogP) is 2.85. The fraction of sp³-hybridized carbons (Fsp3) is 0.600. The first-order valence-electron chi connectivity index (χ1n) is 4.20. The zero-order valence-electron chi connectivity index (χ0n) is 8.07. The Labute approximate surface area is 70.2 Å². The van der Waals surface area contributed by atoms with Gasteiger partial charge in [0.05, 0.1) is 0 Å². The van der Waals surface area contributed by atoms with Crippen LogP contribution in [0.3, 0.4) is 0 Å². The Morgan fingerprint density at radius 1 is 1.64 bits per heavy atom. The molecule has 0 spiro atoms. The number of hydrogen-bond acceptors (Lipinski definition) is 1. The van der Waals surface area contributed by atoms with E-state index >= 15 is 0 Å². The van der Waals surface area contributed by atoms with Gasteiger partial charge in [-0.15, -0.1) is 0 Å². The summed E-state index contributed by atoms with van der Waals surface area (Å²) in [6, 6.07) is 0.525. The summed E-state index contributed by atoms with van der Waals surface area (Å²) < 4.78 is 0. The highest BCUT2D eigenvalue weighted by Gasteiger charge is 1.99. The van der Waals surface area contributed by atoms with Crippen molar-refractivity contribution in [1.29, 1.82) is 0 Å². The molecular weight excluding hydrogens is 134 g/mol. The molecule has 0 saturated heterocycles. The van der Waals surface area contributed by atoms with E-state index in [-0.39, 0.29) is 0 Å². The highest BCUT2D eigenvalue weighted by Crippen LogP contribution is 2.04. The van der Waals surface area contributed by atoms with Crippen LogP contribution in [-0.2, 0) is 0 Å². The van der Waals surface area contributed by atoms with Gasteiger partial charge in [-0.1, -0.05) is 19.6 Å². The van der Waals surface area contributed by atoms with Crippen LogP contribution >= 0.6 is 0 Å². The van der Waals surface area contributed by atoms with E-state index in [4.69, 9.17) is 0 Å². The Bertz CT molecular complexity index is 156. The van der Waals surface area contributed by atoms with E-state index in [9.17, 15) is 0 Å². The second-order valence-corrected chi connectivity index (χ2v) is 2.90. The molecule has 0 saturated carbocycles. The maximum atomic E-state index is 3.93. The maximum Gasteiger partial charge on any atom is 0.0295 e. The molecule has 1 atom stereocenters. The Morgan fingerprint density at radius 3 is 2.55 bits per heavy atom. The fourth-order valence-electron chi connectivity index (χ4n) is 0.688. The first-order valence-corrected chi connectivity index (χ1v) is 4.20. The van der Waals surface area contributed by atoms with E-state index < -0.39 is 0 Å². The number of allylic oxidation sites excluding steroid dienone is 2. The molecule has 1 heteroatoms. The Balaban J connectivity index is 3.88. The molecule has 0 aliphatic carbocycles. The van der Waals surface area contributed by atoms with Crippen molar-refractivity contribution in [2.24, 2.45) is 0 Å². The average Bonchev–Trinajstić information content (AvgIpc) is 2.02. The lowest BCUT2D eigenvalue weighted by molar-refractivity contribution is 0.601. The Kier molecular flexibility index (Phi) is 4.67. The summed E-state index contributed by atoms with van der Waals surface area (Å²) in [4.78, 5) is 0. The molecule has 0 bridgehead atoms. The van der Waals surface area contributed by atoms with Gasteiger partial charge in [0.15, 0.2) is 0 Å². The molecule has 0 heterocycles. The van der Waals surface area contributed by atoms with Crippen molar-refractivity contribution >= 4 is 0 Å². The largest absolute Gasteiger partial charge is 0.383 e. The second kappa shape index (κ2) is 5.00. The minimum atomic E-state index is 0.525. The van der Waals surface area contributed by atoms with Gasteiger partial charge in [0.25, 0.3) is 0 Å². The molecule has 1 N–H and O–H groups in total. The van der Waals surface area contributed by atoms with Gasteiger partial charge in [-0.2, -0.15) is 0 Å². The van der Waals surface area contributed by atoms with Crippen molar-refractivity contribution in [2.45, 2.75) is 40.2 Å². The molecule has 0 aromatic rings. The van der Waals surface area contributed by atoms with Crippen LogP contribution in [0.15, 0.2) is 23.9 Å². The molecule has 11 heavy (non-hydrogen) atoms. The van der Waals surface area contributed by atoms with Crippen LogP contribution in [0, 0.1) is 0 Å².